The molecule has 8 heteroatoms. The van der Waals surface area contributed by atoms with Crippen LogP contribution >= 0.6 is 11.3 Å². The van der Waals surface area contributed by atoms with Gasteiger partial charge in [-0.2, -0.15) is 0 Å². The summed E-state index contributed by atoms with van der Waals surface area (Å²) in [6, 6.07) is 12.7. The number of aromatic nitrogens is 2. The third-order valence-corrected chi connectivity index (χ3v) is 4.53. The van der Waals surface area contributed by atoms with Crippen LogP contribution in [-0.4, -0.2) is 37.4 Å². The molecule has 1 N–H and O–H groups in total. The second-order valence-corrected chi connectivity index (χ2v) is 6.12. The lowest BCUT2D eigenvalue weighted by Crippen LogP contribution is -2.11. The van der Waals surface area contributed by atoms with E-state index in [2.05, 4.69) is 15.5 Å². The quantitative estimate of drug-likeness (QED) is 0.714. The summed E-state index contributed by atoms with van der Waals surface area (Å²) >= 11 is 1.18. The molecule has 0 radical (unpaired) electrons. The molecule has 0 aliphatic rings. The number of anilines is 1. The average molecular weight is 371 g/mol. The van der Waals surface area contributed by atoms with Crippen molar-refractivity contribution in [1.29, 1.82) is 0 Å². The highest BCUT2D eigenvalue weighted by Crippen LogP contribution is 2.41. The van der Waals surface area contributed by atoms with Gasteiger partial charge in [-0.3, -0.25) is 4.79 Å². The predicted molar refractivity (Wildman–Crippen MR) is 99.4 cm³/mol. The number of carbonyl (C=O) groups is 1. The number of nitrogens with zero attached hydrogens (tertiary/aromatic N) is 2. The number of benzene rings is 2. The van der Waals surface area contributed by atoms with Gasteiger partial charge in [0.15, 0.2) is 11.5 Å². The molecule has 3 rings (SSSR count). The van der Waals surface area contributed by atoms with Crippen LogP contribution in [0.2, 0.25) is 0 Å². The van der Waals surface area contributed by atoms with Crippen molar-refractivity contribution in [3.05, 3.63) is 47.5 Å². The summed E-state index contributed by atoms with van der Waals surface area (Å²) in [5.74, 6) is 1.19. The van der Waals surface area contributed by atoms with Gasteiger partial charge in [-0.25, -0.2) is 0 Å². The number of nitrogens with one attached hydrogen (secondary N) is 1. The van der Waals surface area contributed by atoms with Crippen LogP contribution in [0, 0.1) is 0 Å². The van der Waals surface area contributed by atoms with Crippen LogP contribution in [0.5, 0.6) is 17.2 Å². The molecule has 0 atom stereocenters. The summed E-state index contributed by atoms with van der Waals surface area (Å²) in [6.45, 7) is 0. The van der Waals surface area contributed by atoms with Crippen molar-refractivity contribution in [1.82, 2.24) is 10.2 Å². The number of methoxy groups -OCH3 is 3. The highest BCUT2D eigenvalue weighted by Gasteiger charge is 2.18. The van der Waals surface area contributed by atoms with Gasteiger partial charge in [-0.15, -0.1) is 10.2 Å². The summed E-state index contributed by atoms with van der Waals surface area (Å²) < 4.78 is 16.0. The van der Waals surface area contributed by atoms with Gasteiger partial charge in [-0.05, 0) is 24.3 Å². The minimum atomic E-state index is -0.313. The zero-order chi connectivity index (χ0) is 18.5. The van der Waals surface area contributed by atoms with E-state index in [1.165, 1.54) is 18.4 Å². The maximum atomic E-state index is 12.3. The molecule has 134 valence electrons. The molecule has 0 fully saturated rings. The first-order valence-electron chi connectivity index (χ1n) is 7.66. The number of hydrogen-bond donors (Lipinski definition) is 1. The molecule has 2 aromatic carbocycles. The van der Waals surface area contributed by atoms with E-state index in [1.54, 1.807) is 38.5 Å². The van der Waals surface area contributed by atoms with E-state index < -0.39 is 0 Å². The fourth-order valence-corrected chi connectivity index (χ4v) is 3.07. The lowest BCUT2D eigenvalue weighted by atomic mass is 10.2. The van der Waals surface area contributed by atoms with Crippen molar-refractivity contribution in [2.45, 2.75) is 0 Å². The van der Waals surface area contributed by atoms with E-state index >= 15 is 0 Å². The molecule has 3 aromatic rings. The van der Waals surface area contributed by atoms with Crippen molar-refractivity contribution in [2.24, 2.45) is 0 Å². The average Bonchev–Trinajstić information content (AvgIpc) is 3.18. The topological polar surface area (TPSA) is 82.6 Å². The first kappa shape index (κ1) is 17.7. The number of hydrogen-bond acceptors (Lipinski definition) is 7. The first-order valence-corrected chi connectivity index (χ1v) is 8.48. The SMILES string of the molecule is COc1cc(-c2nnc(C(=O)Nc3ccccc3)s2)cc(OC)c1OC. The normalized spacial score (nSPS) is 10.3. The van der Waals surface area contributed by atoms with Crippen LogP contribution in [0.25, 0.3) is 10.6 Å². The van der Waals surface area contributed by atoms with Crippen LogP contribution in [0.1, 0.15) is 9.80 Å². The van der Waals surface area contributed by atoms with Gasteiger partial charge < -0.3 is 19.5 Å². The second-order valence-electron chi connectivity index (χ2n) is 5.15. The molecular weight excluding hydrogens is 354 g/mol. The van der Waals surface area contributed by atoms with Crippen LogP contribution in [0.3, 0.4) is 0 Å². The lowest BCUT2D eigenvalue weighted by molar-refractivity contribution is 0.102. The molecule has 7 nitrogen and oxygen atoms in total. The first-order chi connectivity index (χ1) is 12.7. The molecule has 0 saturated heterocycles. The van der Waals surface area contributed by atoms with Crippen LogP contribution in [-0.2, 0) is 0 Å². The van der Waals surface area contributed by atoms with Gasteiger partial charge in [0, 0.05) is 11.3 Å². The van der Waals surface area contributed by atoms with E-state index in [0.717, 1.165) is 5.56 Å². The van der Waals surface area contributed by atoms with Crippen molar-refractivity contribution < 1.29 is 19.0 Å². The smallest absolute Gasteiger partial charge is 0.286 e. The van der Waals surface area contributed by atoms with Gasteiger partial charge in [0.2, 0.25) is 10.8 Å². The van der Waals surface area contributed by atoms with Crippen LogP contribution in [0.15, 0.2) is 42.5 Å². The van der Waals surface area contributed by atoms with Crippen molar-refractivity contribution >= 4 is 22.9 Å². The Bertz CT molecular complexity index is 887. The van der Waals surface area contributed by atoms with Gasteiger partial charge in [0.25, 0.3) is 5.91 Å². The molecule has 0 unspecified atom stereocenters. The maximum Gasteiger partial charge on any atom is 0.286 e. The zero-order valence-electron chi connectivity index (χ0n) is 14.5. The Morgan fingerprint density at radius 1 is 0.962 bits per heavy atom. The molecule has 0 spiro atoms. The molecule has 1 aromatic heterocycles. The summed E-state index contributed by atoms with van der Waals surface area (Å²) in [6.07, 6.45) is 0. The van der Waals surface area contributed by atoms with Crippen molar-refractivity contribution in [2.75, 3.05) is 26.6 Å². The molecule has 1 amide bonds. The molecule has 26 heavy (non-hydrogen) atoms. The largest absolute Gasteiger partial charge is 0.493 e. The van der Waals surface area contributed by atoms with Gasteiger partial charge in [0.1, 0.15) is 5.01 Å². The minimum absolute atomic E-state index is 0.262. The molecule has 0 bridgehead atoms. The third-order valence-electron chi connectivity index (χ3n) is 3.56. The zero-order valence-corrected chi connectivity index (χ0v) is 15.3. The summed E-state index contributed by atoms with van der Waals surface area (Å²) in [5, 5.41) is 11.7. The van der Waals surface area contributed by atoms with Crippen LogP contribution < -0.4 is 19.5 Å². The van der Waals surface area contributed by atoms with E-state index in [-0.39, 0.29) is 10.9 Å². The van der Waals surface area contributed by atoms with Gasteiger partial charge >= 0.3 is 0 Å². The third kappa shape index (κ3) is 3.60. The van der Waals surface area contributed by atoms with Gasteiger partial charge in [0.05, 0.1) is 21.3 Å². The predicted octanol–water partition coefficient (Wildman–Crippen LogP) is 3.48. The van der Waals surface area contributed by atoms with Crippen molar-refractivity contribution in [3.63, 3.8) is 0 Å². The molecular formula is C18H17N3O4S. The van der Waals surface area contributed by atoms with Crippen LogP contribution in [0.4, 0.5) is 5.69 Å². The highest BCUT2D eigenvalue weighted by molar-refractivity contribution is 7.16. The fourth-order valence-electron chi connectivity index (χ4n) is 2.34. The van der Waals surface area contributed by atoms with Crippen molar-refractivity contribution in [3.8, 4) is 27.8 Å². The Hall–Kier alpha value is -3.13. The Labute approximate surface area is 154 Å². The van der Waals surface area contributed by atoms with E-state index in [1.807, 2.05) is 18.2 Å². The maximum absolute atomic E-state index is 12.3. The van der Waals surface area contributed by atoms with E-state index in [0.29, 0.717) is 27.9 Å². The minimum Gasteiger partial charge on any atom is -0.493 e. The summed E-state index contributed by atoms with van der Waals surface area (Å²) in [7, 11) is 4.62. The summed E-state index contributed by atoms with van der Waals surface area (Å²) in [4.78, 5) is 12.3. The number of para-hydroxylation sites is 1. The molecule has 0 aliphatic carbocycles. The number of rotatable bonds is 6. The Balaban J connectivity index is 1.89. The van der Waals surface area contributed by atoms with Gasteiger partial charge in [-0.1, -0.05) is 29.5 Å². The monoisotopic (exact) mass is 371 g/mol. The Morgan fingerprint density at radius 2 is 1.62 bits per heavy atom. The molecule has 1 heterocycles. The second kappa shape index (κ2) is 7.83. The fraction of sp³-hybridized carbons (Fsp3) is 0.167. The Kier molecular flexibility index (Phi) is 5.33. The highest BCUT2D eigenvalue weighted by atomic mass is 32.1. The lowest BCUT2D eigenvalue weighted by Gasteiger charge is -2.13. The molecule has 0 aliphatic heterocycles. The van der Waals surface area contributed by atoms with E-state index in [4.69, 9.17) is 14.2 Å². The Morgan fingerprint density at radius 3 is 2.19 bits per heavy atom. The molecule has 0 saturated carbocycles. The standard InChI is InChI=1S/C18H17N3O4S/c1-23-13-9-11(10-14(24-2)15(13)25-3)17-20-21-18(26-17)16(22)19-12-7-5-4-6-8-12/h4-10H,1-3H3,(H,19,22). The summed E-state index contributed by atoms with van der Waals surface area (Å²) in [5.41, 5.74) is 1.41. The number of carbonyl (C=O) groups excluding carboxylic acids is 1. The van der Waals surface area contributed by atoms with E-state index in [9.17, 15) is 4.79 Å². The number of amides is 1. The number of ether oxygens (including phenoxy) is 3.